The van der Waals surface area contributed by atoms with Gasteiger partial charge >= 0.3 is 6.18 Å². The van der Waals surface area contributed by atoms with Crippen molar-refractivity contribution in [1.82, 2.24) is 15.1 Å². The van der Waals surface area contributed by atoms with Crippen LogP contribution in [0.4, 0.5) is 13.2 Å². The molecule has 0 saturated carbocycles. The van der Waals surface area contributed by atoms with Gasteiger partial charge in [0.15, 0.2) is 5.69 Å². The summed E-state index contributed by atoms with van der Waals surface area (Å²) in [5, 5.41) is 7.18. The lowest BCUT2D eigenvalue weighted by atomic mass is 9.91. The predicted molar refractivity (Wildman–Crippen MR) is 107 cm³/mol. The van der Waals surface area contributed by atoms with Gasteiger partial charge in [-0.1, -0.05) is 0 Å². The Kier molecular flexibility index (Phi) is 5.48. The molecule has 4 heterocycles. The smallest absolute Gasteiger partial charge is 0.416 e. The normalized spacial score (nSPS) is 23.5. The summed E-state index contributed by atoms with van der Waals surface area (Å²) in [5.41, 5.74) is -0.0875. The van der Waals surface area contributed by atoms with Crippen LogP contribution in [0.3, 0.4) is 0 Å². The highest BCUT2D eigenvalue weighted by atomic mass is 19.4. The molecule has 3 aliphatic heterocycles. The first-order valence-electron chi connectivity index (χ1n) is 10.8. The summed E-state index contributed by atoms with van der Waals surface area (Å²) in [6.07, 6.45) is -1.33. The van der Waals surface area contributed by atoms with Crippen molar-refractivity contribution in [2.75, 3.05) is 19.8 Å². The van der Waals surface area contributed by atoms with Crippen LogP contribution in [0.2, 0.25) is 0 Å². The molecular weight excluding hydrogens is 427 g/mol. The van der Waals surface area contributed by atoms with E-state index in [0.29, 0.717) is 29.7 Å². The van der Waals surface area contributed by atoms with Crippen molar-refractivity contribution < 1.29 is 32.2 Å². The molecule has 1 N–H and O–H groups in total. The molecule has 2 aromatic rings. The lowest BCUT2D eigenvalue weighted by molar-refractivity contribution is -0.137. The van der Waals surface area contributed by atoms with E-state index in [1.807, 2.05) is 0 Å². The van der Waals surface area contributed by atoms with E-state index < -0.39 is 23.7 Å². The van der Waals surface area contributed by atoms with Crippen molar-refractivity contribution >= 4 is 5.91 Å². The second-order valence-electron chi connectivity index (χ2n) is 8.49. The molecule has 2 atom stereocenters. The molecule has 7 nitrogen and oxygen atoms in total. The molecule has 0 bridgehead atoms. The molecule has 1 fully saturated rings. The molecule has 3 aliphatic rings. The number of nitrogens with zero attached hydrogens (tertiary/aromatic N) is 2. The van der Waals surface area contributed by atoms with Gasteiger partial charge in [0.2, 0.25) is 5.88 Å². The third-order valence-corrected chi connectivity index (χ3v) is 6.29. The lowest BCUT2D eigenvalue weighted by Crippen LogP contribution is -2.43. The molecular formula is C22H24F3N3O4. The molecule has 0 aliphatic carbocycles. The quantitative estimate of drug-likeness (QED) is 0.776. The van der Waals surface area contributed by atoms with Gasteiger partial charge < -0.3 is 19.5 Å². The summed E-state index contributed by atoms with van der Waals surface area (Å²) in [7, 11) is 0. The fourth-order valence-corrected chi connectivity index (χ4v) is 4.57. The number of hydrogen-bond donors (Lipinski definition) is 1. The maximum atomic E-state index is 13.0. The SMILES string of the molecule is O=C(N[C@H]1COc2ccc(C(F)(F)F)cc2C1)c1cc2n(n1)CCC(C1CCOCC1)O2. The number of aromatic nitrogens is 2. The van der Waals surface area contributed by atoms with Crippen LogP contribution in [0, 0.1) is 5.92 Å². The number of alkyl halides is 3. The van der Waals surface area contributed by atoms with Gasteiger partial charge in [0.25, 0.3) is 5.91 Å². The third kappa shape index (κ3) is 4.28. The molecule has 1 unspecified atom stereocenters. The highest BCUT2D eigenvalue weighted by Gasteiger charge is 2.33. The van der Waals surface area contributed by atoms with Crippen LogP contribution in [0.5, 0.6) is 11.6 Å². The zero-order valence-electron chi connectivity index (χ0n) is 17.4. The monoisotopic (exact) mass is 451 g/mol. The first-order chi connectivity index (χ1) is 15.4. The fraction of sp³-hybridized carbons (Fsp3) is 0.545. The lowest BCUT2D eigenvalue weighted by Gasteiger charge is -2.33. The average Bonchev–Trinajstić information content (AvgIpc) is 3.22. The van der Waals surface area contributed by atoms with Gasteiger partial charge in [-0.25, -0.2) is 4.68 Å². The molecule has 1 aromatic carbocycles. The van der Waals surface area contributed by atoms with E-state index in [1.165, 1.54) is 6.07 Å². The van der Waals surface area contributed by atoms with Crippen molar-refractivity contribution in [3.8, 4) is 11.6 Å². The van der Waals surface area contributed by atoms with E-state index in [2.05, 4.69) is 10.4 Å². The van der Waals surface area contributed by atoms with Gasteiger partial charge in [0.1, 0.15) is 18.5 Å². The zero-order valence-corrected chi connectivity index (χ0v) is 17.4. The van der Waals surface area contributed by atoms with Crippen LogP contribution in [-0.2, 0) is 23.9 Å². The van der Waals surface area contributed by atoms with Crippen LogP contribution in [0.15, 0.2) is 24.3 Å². The molecule has 10 heteroatoms. The number of ether oxygens (including phenoxy) is 3. The summed E-state index contributed by atoms with van der Waals surface area (Å²) >= 11 is 0. The molecule has 5 rings (SSSR count). The fourth-order valence-electron chi connectivity index (χ4n) is 4.57. The van der Waals surface area contributed by atoms with Crippen molar-refractivity contribution in [3.63, 3.8) is 0 Å². The van der Waals surface area contributed by atoms with E-state index in [1.54, 1.807) is 10.7 Å². The maximum Gasteiger partial charge on any atom is 0.416 e. The van der Waals surface area contributed by atoms with Gasteiger partial charge in [-0.2, -0.15) is 18.3 Å². The summed E-state index contributed by atoms with van der Waals surface area (Å²) < 4.78 is 57.8. The van der Waals surface area contributed by atoms with Crippen molar-refractivity contribution in [2.24, 2.45) is 5.92 Å². The molecule has 0 spiro atoms. The first-order valence-corrected chi connectivity index (χ1v) is 10.8. The summed E-state index contributed by atoms with van der Waals surface area (Å²) in [5.74, 6) is 1.01. The molecule has 1 amide bonds. The topological polar surface area (TPSA) is 74.6 Å². The van der Waals surface area contributed by atoms with Gasteiger partial charge in [-0.15, -0.1) is 0 Å². The van der Waals surface area contributed by atoms with Crippen molar-refractivity contribution in [3.05, 3.63) is 41.1 Å². The summed E-state index contributed by atoms with van der Waals surface area (Å²) in [6, 6.07) is 4.58. The van der Waals surface area contributed by atoms with Crippen LogP contribution in [-0.4, -0.2) is 47.7 Å². The van der Waals surface area contributed by atoms with Gasteiger partial charge in [0.05, 0.1) is 11.6 Å². The molecule has 1 aromatic heterocycles. The minimum absolute atomic E-state index is 0.0880. The number of fused-ring (bicyclic) bond motifs is 2. The zero-order chi connectivity index (χ0) is 22.3. The summed E-state index contributed by atoms with van der Waals surface area (Å²) in [4.78, 5) is 12.8. The number of aryl methyl sites for hydroxylation is 1. The number of halogens is 3. The van der Waals surface area contributed by atoms with Crippen molar-refractivity contribution in [1.29, 1.82) is 0 Å². The number of carbonyl (C=O) groups excluding carboxylic acids is 1. The number of amides is 1. The average molecular weight is 451 g/mol. The van der Waals surface area contributed by atoms with Crippen molar-refractivity contribution in [2.45, 2.75) is 50.6 Å². The molecule has 172 valence electrons. The Labute approximate surface area is 182 Å². The van der Waals surface area contributed by atoms with Crippen LogP contribution >= 0.6 is 0 Å². The largest absolute Gasteiger partial charge is 0.491 e. The Balaban J connectivity index is 1.23. The minimum atomic E-state index is -4.43. The van der Waals surface area contributed by atoms with E-state index in [-0.39, 0.29) is 24.8 Å². The van der Waals surface area contributed by atoms with Gasteiger partial charge in [-0.3, -0.25) is 4.79 Å². The molecule has 1 saturated heterocycles. The first kappa shape index (κ1) is 21.1. The van der Waals surface area contributed by atoms with Crippen LogP contribution in [0.25, 0.3) is 0 Å². The predicted octanol–water partition coefficient (Wildman–Crippen LogP) is 3.21. The number of nitrogens with one attached hydrogen (secondary N) is 1. The van der Waals surface area contributed by atoms with E-state index in [9.17, 15) is 18.0 Å². The Morgan fingerprint density at radius 2 is 1.97 bits per heavy atom. The number of carbonyl (C=O) groups is 1. The number of hydrogen-bond acceptors (Lipinski definition) is 5. The standard InChI is InChI=1S/C22H24F3N3O4/c23-22(24,25)15-1-2-18-14(9-15)10-16(12-31-18)26-21(29)17-11-20-28(27-17)6-3-19(32-20)13-4-7-30-8-5-13/h1-2,9,11,13,16,19H,3-8,10,12H2,(H,26,29)/t16-,19?/m1/s1. The number of rotatable bonds is 3. The van der Waals surface area contributed by atoms with E-state index in [0.717, 1.165) is 44.6 Å². The summed E-state index contributed by atoms with van der Waals surface area (Å²) in [6.45, 7) is 2.34. The highest BCUT2D eigenvalue weighted by Crippen LogP contribution is 2.34. The Morgan fingerprint density at radius 1 is 1.16 bits per heavy atom. The Hall–Kier alpha value is -2.75. The second-order valence-corrected chi connectivity index (χ2v) is 8.49. The Morgan fingerprint density at radius 3 is 2.75 bits per heavy atom. The maximum absolute atomic E-state index is 13.0. The van der Waals surface area contributed by atoms with Crippen LogP contribution < -0.4 is 14.8 Å². The molecule has 32 heavy (non-hydrogen) atoms. The molecule has 0 radical (unpaired) electrons. The van der Waals surface area contributed by atoms with Gasteiger partial charge in [0, 0.05) is 38.2 Å². The van der Waals surface area contributed by atoms with Crippen LogP contribution in [0.1, 0.15) is 40.9 Å². The Bertz CT molecular complexity index is 1000. The van der Waals surface area contributed by atoms with Gasteiger partial charge in [-0.05, 0) is 43.0 Å². The highest BCUT2D eigenvalue weighted by molar-refractivity contribution is 5.92. The van der Waals surface area contributed by atoms with E-state index in [4.69, 9.17) is 14.2 Å². The minimum Gasteiger partial charge on any atom is -0.491 e. The number of benzene rings is 1. The second kappa shape index (κ2) is 8.31. The third-order valence-electron chi connectivity index (χ3n) is 6.29. The van der Waals surface area contributed by atoms with E-state index >= 15 is 0 Å².